The summed E-state index contributed by atoms with van der Waals surface area (Å²) in [6.07, 6.45) is 3.93. The van der Waals surface area contributed by atoms with Gasteiger partial charge in [0.05, 0.1) is 11.4 Å². The van der Waals surface area contributed by atoms with Crippen LogP contribution >= 0.6 is 0 Å². The van der Waals surface area contributed by atoms with Crippen molar-refractivity contribution in [1.29, 1.82) is 0 Å². The summed E-state index contributed by atoms with van der Waals surface area (Å²) < 4.78 is 30.3. The first-order chi connectivity index (χ1) is 13.0. The molecule has 2 aromatic rings. The number of hydrogen-bond donors (Lipinski definition) is 1. The Hall–Kier alpha value is -2.19. The SMILES string of the molecule is CCn1nccc1N1CCC[C@@H](NS(=O)(=O)C2Cc3ccccc3C2)C1=O. The third-order valence-corrected chi connectivity index (χ3v) is 7.29. The molecule has 0 radical (unpaired) electrons. The molecule has 1 N–H and O–H groups in total. The number of nitrogens with zero attached hydrogens (tertiary/aromatic N) is 3. The highest BCUT2D eigenvalue weighted by molar-refractivity contribution is 7.90. The van der Waals surface area contributed by atoms with E-state index in [1.165, 1.54) is 0 Å². The van der Waals surface area contributed by atoms with E-state index in [0.29, 0.717) is 32.4 Å². The Morgan fingerprint density at radius 1 is 1.19 bits per heavy atom. The molecule has 2 heterocycles. The maximum atomic E-state index is 13.0. The number of hydrogen-bond acceptors (Lipinski definition) is 4. The molecule has 144 valence electrons. The summed E-state index contributed by atoms with van der Waals surface area (Å²) in [6.45, 7) is 3.20. The third-order valence-electron chi connectivity index (χ3n) is 5.47. The van der Waals surface area contributed by atoms with E-state index in [0.717, 1.165) is 23.4 Å². The van der Waals surface area contributed by atoms with Crippen molar-refractivity contribution in [2.24, 2.45) is 0 Å². The molecule has 0 bridgehead atoms. The first-order valence-corrected chi connectivity index (χ1v) is 11.0. The monoisotopic (exact) mass is 388 g/mol. The summed E-state index contributed by atoms with van der Waals surface area (Å²) >= 11 is 0. The van der Waals surface area contributed by atoms with Crippen molar-refractivity contribution >= 4 is 21.7 Å². The highest BCUT2D eigenvalue weighted by Gasteiger charge is 2.38. The first-order valence-electron chi connectivity index (χ1n) is 9.40. The number of fused-ring (bicyclic) bond motifs is 1. The molecule has 1 saturated heterocycles. The molecule has 2 aliphatic rings. The average molecular weight is 388 g/mol. The van der Waals surface area contributed by atoms with Crippen LogP contribution in [0.15, 0.2) is 36.5 Å². The summed E-state index contributed by atoms with van der Waals surface area (Å²) in [5.74, 6) is 0.523. The number of benzene rings is 1. The number of amides is 1. The van der Waals surface area contributed by atoms with Gasteiger partial charge in [-0.1, -0.05) is 24.3 Å². The molecule has 7 nitrogen and oxygen atoms in total. The largest absolute Gasteiger partial charge is 0.296 e. The lowest BCUT2D eigenvalue weighted by Gasteiger charge is -2.33. The minimum atomic E-state index is -3.59. The van der Waals surface area contributed by atoms with Crippen LogP contribution in [0.4, 0.5) is 5.82 Å². The van der Waals surface area contributed by atoms with Crippen LogP contribution in [-0.4, -0.2) is 41.9 Å². The van der Waals surface area contributed by atoms with Crippen molar-refractivity contribution in [2.75, 3.05) is 11.4 Å². The third kappa shape index (κ3) is 3.39. The summed E-state index contributed by atoms with van der Waals surface area (Å²) in [6, 6.07) is 8.90. The topological polar surface area (TPSA) is 84.3 Å². The van der Waals surface area contributed by atoms with E-state index in [9.17, 15) is 13.2 Å². The lowest BCUT2D eigenvalue weighted by atomic mass is 10.1. The number of piperidine rings is 1. The van der Waals surface area contributed by atoms with Crippen LogP contribution in [0.2, 0.25) is 0 Å². The lowest BCUT2D eigenvalue weighted by molar-refractivity contribution is -0.121. The Labute approximate surface area is 159 Å². The molecule has 1 aromatic heterocycles. The van der Waals surface area contributed by atoms with Gasteiger partial charge >= 0.3 is 0 Å². The highest BCUT2D eigenvalue weighted by Crippen LogP contribution is 2.27. The number of nitrogens with one attached hydrogen (secondary N) is 1. The predicted octanol–water partition coefficient (Wildman–Crippen LogP) is 1.49. The van der Waals surface area contributed by atoms with E-state index < -0.39 is 21.3 Å². The van der Waals surface area contributed by atoms with Gasteiger partial charge in [-0.25, -0.2) is 17.8 Å². The fourth-order valence-electron chi connectivity index (χ4n) is 4.04. The second-order valence-electron chi connectivity index (χ2n) is 7.15. The second-order valence-corrected chi connectivity index (χ2v) is 9.14. The summed E-state index contributed by atoms with van der Waals surface area (Å²) in [5, 5.41) is 3.70. The van der Waals surface area contributed by atoms with Crippen LogP contribution in [0.25, 0.3) is 0 Å². The van der Waals surface area contributed by atoms with Crippen LogP contribution < -0.4 is 9.62 Å². The Bertz CT molecular complexity index is 928. The fraction of sp³-hybridized carbons (Fsp3) is 0.474. The Morgan fingerprint density at radius 2 is 1.89 bits per heavy atom. The van der Waals surface area contributed by atoms with Crippen molar-refractivity contribution in [2.45, 2.75) is 50.4 Å². The minimum absolute atomic E-state index is 0.199. The first kappa shape index (κ1) is 18.2. The van der Waals surface area contributed by atoms with E-state index in [4.69, 9.17) is 0 Å². The molecule has 0 unspecified atom stereocenters. The van der Waals surface area contributed by atoms with Crippen molar-refractivity contribution in [3.63, 3.8) is 0 Å². The lowest BCUT2D eigenvalue weighted by Crippen LogP contribution is -2.54. The van der Waals surface area contributed by atoms with Gasteiger partial charge in [0.1, 0.15) is 11.9 Å². The standard InChI is InChI=1S/C19H24N4O3S/c1-2-23-18(9-10-20-23)22-11-5-8-17(19(22)24)21-27(25,26)16-12-14-6-3-4-7-15(14)13-16/h3-4,6-7,9-10,16-17,21H,2,5,8,11-13H2,1H3/t17-/m1/s1. The van der Waals surface area contributed by atoms with Gasteiger partial charge < -0.3 is 0 Å². The molecule has 1 fully saturated rings. The smallest absolute Gasteiger partial charge is 0.246 e. The molecule has 4 rings (SSSR count). The normalized spacial score (nSPS) is 20.9. The Balaban J connectivity index is 1.50. The van der Waals surface area contributed by atoms with Gasteiger partial charge in [0.15, 0.2) is 0 Å². The van der Waals surface area contributed by atoms with Gasteiger partial charge in [0, 0.05) is 19.2 Å². The van der Waals surface area contributed by atoms with Crippen molar-refractivity contribution in [3.05, 3.63) is 47.7 Å². The molecule has 1 aliphatic heterocycles. The van der Waals surface area contributed by atoms with Gasteiger partial charge in [-0.2, -0.15) is 5.10 Å². The quantitative estimate of drug-likeness (QED) is 0.841. The summed E-state index contributed by atoms with van der Waals surface area (Å²) in [7, 11) is -3.59. The molecule has 0 saturated carbocycles. The fourth-order valence-corrected chi connectivity index (χ4v) is 5.65. The Morgan fingerprint density at radius 3 is 2.56 bits per heavy atom. The molecule has 27 heavy (non-hydrogen) atoms. The van der Waals surface area contributed by atoms with E-state index in [1.807, 2.05) is 31.2 Å². The van der Waals surface area contributed by atoms with Gasteiger partial charge in [-0.15, -0.1) is 0 Å². The maximum absolute atomic E-state index is 13.0. The van der Waals surface area contributed by atoms with Gasteiger partial charge in [0.25, 0.3) is 0 Å². The van der Waals surface area contributed by atoms with Gasteiger partial charge in [-0.05, 0) is 43.7 Å². The van der Waals surface area contributed by atoms with E-state index in [2.05, 4.69) is 9.82 Å². The minimum Gasteiger partial charge on any atom is -0.296 e. The molecular formula is C19H24N4O3S. The average Bonchev–Trinajstić information content (AvgIpc) is 3.30. The van der Waals surface area contributed by atoms with Crippen molar-refractivity contribution < 1.29 is 13.2 Å². The van der Waals surface area contributed by atoms with Crippen LogP contribution in [-0.2, 0) is 34.2 Å². The summed E-state index contributed by atoms with van der Waals surface area (Å²) in [5.41, 5.74) is 2.16. The Kier molecular flexibility index (Phi) is 4.77. The number of anilines is 1. The molecular weight excluding hydrogens is 364 g/mol. The molecule has 1 aliphatic carbocycles. The zero-order valence-corrected chi connectivity index (χ0v) is 16.2. The summed E-state index contributed by atoms with van der Waals surface area (Å²) in [4.78, 5) is 14.6. The highest BCUT2D eigenvalue weighted by atomic mass is 32.2. The van der Waals surface area contributed by atoms with E-state index in [1.54, 1.807) is 21.8 Å². The number of aryl methyl sites for hydroxylation is 1. The number of rotatable bonds is 5. The number of aromatic nitrogens is 2. The predicted molar refractivity (Wildman–Crippen MR) is 103 cm³/mol. The molecule has 1 aromatic carbocycles. The second kappa shape index (κ2) is 7.09. The van der Waals surface area contributed by atoms with E-state index >= 15 is 0 Å². The van der Waals surface area contributed by atoms with Gasteiger partial charge in [-0.3, -0.25) is 9.69 Å². The number of carbonyl (C=O) groups excluding carboxylic acids is 1. The molecule has 1 atom stereocenters. The zero-order valence-electron chi connectivity index (χ0n) is 15.3. The van der Waals surface area contributed by atoms with Gasteiger partial charge in [0.2, 0.25) is 15.9 Å². The number of sulfonamides is 1. The molecule has 8 heteroatoms. The van der Waals surface area contributed by atoms with Crippen molar-refractivity contribution in [1.82, 2.24) is 14.5 Å². The zero-order chi connectivity index (χ0) is 19.0. The molecule has 0 spiro atoms. The number of carbonyl (C=O) groups is 1. The van der Waals surface area contributed by atoms with E-state index in [-0.39, 0.29) is 5.91 Å². The maximum Gasteiger partial charge on any atom is 0.246 e. The van der Waals surface area contributed by atoms with Crippen LogP contribution in [0.3, 0.4) is 0 Å². The van der Waals surface area contributed by atoms with Crippen LogP contribution in [0.5, 0.6) is 0 Å². The van der Waals surface area contributed by atoms with Crippen LogP contribution in [0, 0.1) is 0 Å². The molecule has 1 amide bonds. The van der Waals surface area contributed by atoms with Crippen molar-refractivity contribution in [3.8, 4) is 0 Å². The van der Waals surface area contributed by atoms with Crippen LogP contribution in [0.1, 0.15) is 30.9 Å².